The van der Waals surface area contributed by atoms with Crippen molar-refractivity contribution in [2.45, 2.75) is 64.7 Å². The lowest BCUT2D eigenvalue weighted by molar-refractivity contribution is -0.139. The molecule has 0 aliphatic carbocycles. The quantitative estimate of drug-likeness (QED) is 0.216. The average molecular weight is 348 g/mol. The molecule has 7 heteroatoms. The van der Waals surface area contributed by atoms with Crippen molar-refractivity contribution in [2.24, 2.45) is 0 Å². The number of ether oxygens (including phenoxy) is 1. The molecule has 0 radical (unpaired) electrons. The monoisotopic (exact) mass is 348 g/mol. The van der Waals surface area contributed by atoms with Crippen LogP contribution in [0, 0.1) is 0 Å². The summed E-state index contributed by atoms with van der Waals surface area (Å²) < 4.78 is 15.6. The summed E-state index contributed by atoms with van der Waals surface area (Å²) in [5.41, 5.74) is 0.421. The lowest BCUT2D eigenvalue weighted by atomic mass is 10.1. The van der Waals surface area contributed by atoms with Crippen LogP contribution in [0.1, 0.15) is 64.7 Å². The number of hydrogen-bond donors (Lipinski definition) is 2. The highest BCUT2D eigenvalue weighted by atomic mass is 31.2. The zero-order valence-corrected chi connectivity index (χ0v) is 14.9. The van der Waals surface area contributed by atoms with Crippen molar-refractivity contribution in [1.29, 1.82) is 0 Å². The first kappa shape index (κ1) is 22.0. The second-order valence-corrected chi connectivity index (χ2v) is 7.50. The molecule has 0 amide bonds. The van der Waals surface area contributed by atoms with Gasteiger partial charge in [0.05, 0.1) is 6.61 Å². The van der Waals surface area contributed by atoms with E-state index in [-0.39, 0.29) is 18.2 Å². The molecule has 0 aromatic heterocycles. The van der Waals surface area contributed by atoms with E-state index in [1.54, 1.807) is 6.92 Å². The van der Waals surface area contributed by atoms with Crippen LogP contribution in [0.2, 0.25) is 0 Å². The lowest BCUT2D eigenvalue weighted by Crippen LogP contribution is -2.06. The zero-order chi connectivity index (χ0) is 17.7. The van der Waals surface area contributed by atoms with E-state index in [1.165, 1.54) is 0 Å². The van der Waals surface area contributed by atoms with Crippen molar-refractivity contribution in [2.75, 3.05) is 12.8 Å². The largest absolute Gasteiger partial charge is 0.462 e. The van der Waals surface area contributed by atoms with Crippen LogP contribution >= 0.6 is 7.60 Å². The Labute approximate surface area is 138 Å². The Bertz CT molecular complexity index is 426. The first-order chi connectivity index (χ1) is 10.7. The van der Waals surface area contributed by atoms with Crippen LogP contribution in [0.3, 0.4) is 0 Å². The summed E-state index contributed by atoms with van der Waals surface area (Å²) in [5.74, 6) is -0.694. The molecule has 0 aliphatic rings. The Kier molecular flexibility index (Phi) is 11.9. The summed E-state index contributed by atoms with van der Waals surface area (Å²) >= 11 is 0. The molecule has 0 saturated carbocycles. The van der Waals surface area contributed by atoms with Gasteiger partial charge in [-0.15, -0.1) is 0 Å². The maximum Gasteiger partial charge on any atom is 0.333 e. The van der Waals surface area contributed by atoms with Crippen molar-refractivity contribution < 1.29 is 28.7 Å². The summed E-state index contributed by atoms with van der Waals surface area (Å²) in [6.07, 6.45) is 7.37. The third kappa shape index (κ3) is 15.7. The highest BCUT2D eigenvalue weighted by molar-refractivity contribution is 7.52. The number of hydrogen-bond acceptors (Lipinski definition) is 4. The molecule has 0 rings (SSSR count). The molecule has 0 unspecified atom stereocenters. The SMILES string of the molecule is C=C(C)C(=O)OCCCCCCCCCCC(=O)CP(=O)(O)O. The highest BCUT2D eigenvalue weighted by Gasteiger charge is 2.18. The van der Waals surface area contributed by atoms with Gasteiger partial charge in [-0.25, -0.2) is 4.79 Å². The van der Waals surface area contributed by atoms with Crippen molar-refractivity contribution in [3.63, 3.8) is 0 Å². The fraction of sp³-hybridized carbons (Fsp3) is 0.750. The van der Waals surface area contributed by atoms with Crippen LogP contribution in [0.25, 0.3) is 0 Å². The molecule has 2 N–H and O–H groups in total. The molecule has 0 fully saturated rings. The Morgan fingerprint density at radius 3 is 1.91 bits per heavy atom. The van der Waals surface area contributed by atoms with Crippen molar-refractivity contribution >= 4 is 19.3 Å². The molecule has 0 bridgehead atoms. The molecule has 134 valence electrons. The van der Waals surface area contributed by atoms with Gasteiger partial charge in [0.15, 0.2) is 0 Å². The predicted octanol–water partition coefficient (Wildman–Crippen LogP) is 3.36. The molecule has 0 heterocycles. The third-order valence-corrected chi connectivity index (χ3v) is 4.08. The van der Waals surface area contributed by atoms with Crippen LogP contribution in [-0.4, -0.2) is 34.3 Å². The smallest absolute Gasteiger partial charge is 0.333 e. The van der Waals surface area contributed by atoms with Gasteiger partial charge in [0.25, 0.3) is 0 Å². The standard InChI is InChI=1S/C16H29O6P/c1-14(2)16(18)22-12-10-8-6-4-3-5-7-9-11-15(17)13-23(19,20)21/h1,3-13H2,2H3,(H2,19,20,21). The van der Waals surface area contributed by atoms with Gasteiger partial charge in [0, 0.05) is 12.0 Å². The van der Waals surface area contributed by atoms with Crippen molar-refractivity contribution in [3.05, 3.63) is 12.2 Å². The number of rotatable bonds is 14. The van der Waals surface area contributed by atoms with E-state index < -0.39 is 13.8 Å². The van der Waals surface area contributed by atoms with Crippen LogP contribution < -0.4 is 0 Å². The average Bonchev–Trinajstić information content (AvgIpc) is 2.42. The van der Waals surface area contributed by atoms with Gasteiger partial charge in [-0.3, -0.25) is 9.36 Å². The third-order valence-electron chi connectivity index (χ3n) is 3.31. The van der Waals surface area contributed by atoms with E-state index in [9.17, 15) is 14.2 Å². The van der Waals surface area contributed by atoms with Crippen molar-refractivity contribution in [3.8, 4) is 0 Å². The van der Waals surface area contributed by atoms with Crippen LogP contribution in [0.15, 0.2) is 12.2 Å². The summed E-state index contributed by atoms with van der Waals surface area (Å²) in [6.45, 7) is 5.58. The van der Waals surface area contributed by atoms with Gasteiger partial charge in [-0.1, -0.05) is 45.1 Å². The van der Waals surface area contributed by atoms with Gasteiger partial charge in [0.1, 0.15) is 11.9 Å². The molecular weight excluding hydrogens is 319 g/mol. The van der Waals surface area contributed by atoms with Gasteiger partial charge in [0.2, 0.25) is 0 Å². The number of unbranched alkanes of at least 4 members (excludes halogenated alkanes) is 7. The van der Waals surface area contributed by atoms with E-state index >= 15 is 0 Å². The molecule has 0 atom stereocenters. The van der Waals surface area contributed by atoms with E-state index in [0.717, 1.165) is 44.9 Å². The molecule has 23 heavy (non-hydrogen) atoms. The Morgan fingerprint density at radius 1 is 0.957 bits per heavy atom. The molecular formula is C16H29O6P. The predicted molar refractivity (Wildman–Crippen MR) is 89.2 cm³/mol. The molecule has 0 aromatic carbocycles. The van der Waals surface area contributed by atoms with E-state index in [0.29, 0.717) is 18.6 Å². The van der Waals surface area contributed by atoms with E-state index in [1.807, 2.05) is 0 Å². The second-order valence-electron chi connectivity index (χ2n) is 5.86. The Balaban J connectivity index is 3.31. The number of carbonyl (C=O) groups is 2. The van der Waals surface area contributed by atoms with E-state index in [2.05, 4.69) is 6.58 Å². The second kappa shape index (κ2) is 12.5. The minimum atomic E-state index is -4.20. The topological polar surface area (TPSA) is 101 Å². The van der Waals surface area contributed by atoms with Gasteiger partial charge < -0.3 is 14.5 Å². The number of Topliss-reactive ketones (excluding diaryl/α,β-unsaturated/α-hetero) is 1. The lowest BCUT2D eigenvalue weighted by Gasteiger charge is -2.05. The van der Waals surface area contributed by atoms with E-state index in [4.69, 9.17) is 14.5 Å². The fourth-order valence-corrected chi connectivity index (χ4v) is 2.70. The maximum absolute atomic E-state index is 11.3. The summed E-state index contributed by atoms with van der Waals surface area (Å²) in [4.78, 5) is 39.7. The minimum Gasteiger partial charge on any atom is -0.462 e. The highest BCUT2D eigenvalue weighted by Crippen LogP contribution is 2.34. The van der Waals surface area contributed by atoms with Crippen LogP contribution in [0.5, 0.6) is 0 Å². The van der Waals surface area contributed by atoms with Gasteiger partial charge in [-0.05, 0) is 19.8 Å². The van der Waals surface area contributed by atoms with Crippen molar-refractivity contribution in [1.82, 2.24) is 0 Å². The first-order valence-corrected chi connectivity index (χ1v) is 9.91. The molecule has 6 nitrogen and oxygen atoms in total. The normalized spacial score (nSPS) is 11.3. The first-order valence-electron chi connectivity index (χ1n) is 8.11. The summed E-state index contributed by atoms with van der Waals surface area (Å²) in [5, 5.41) is 0. The number of ketones is 1. The molecule has 0 spiro atoms. The van der Waals surface area contributed by atoms with Crippen LogP contribution in [-0.2, 0) is 18.9 Å². The zero-order valence-electron chi connectivity index (χ0n) is 14.0. The Morgan fingerprint density at radius 2 is 1.43 bits per heavy atom. The Hall–Kier alpha value is -0.970. The number of carbonyl (C=O) groups excluding carboxylic acids is 2. The van der Waals surface area contributed by atoms with Gasteiger partial charge in [-0.2, -0.15) is 0 Å². The molecule has 0 aliphatic heterocycles. The molecule has 0 aromatic rings. The number of esters is 1. The summed E-state index contributed by atoms with van der Waals surface area (Å²) in [6, 6.07) is 0. The van der Waals surface area contributed by atoms with Gasteiger partial charge >= 0.3 is 13.6 Å². The summed E-state index contributed by atoms with van der Waals surface area (Å²) in [7, 11) is -4.20. The fourth-order valence-electron chi connectivity index (χ4n) is 2.08. The minimum absolute atomic E-state index is 0.249. The maximum atomic E-state index is 11.3. The van der Waals surface area contributed by atoms with Crippen LogP contribution in [0.4, 0.5) is 0 Å². The molecule has 0 saturated heterocycles.